The van der Waals surface area contributed by atoms with E-state index in [4.69, 9.17) is 11.6 Å². The van der Waals surface area contributed by atoms with E-state index in [9.17, 15) is 9.59 Å². The van der Waals surface area contributed by atoms with E-state index in [0.29, 0.717) is 9.93 Å². The van der Waals surface area contributed by atoms with Crippen molar-refractivity contribution in [3.8, 4) is 0 Å². The van der Waals surface area contributed by atoms with Crippen molar-refractivity contribution in [2.75, 3.05) is 0 Å². The zero-order chi connectivity index (χ0) is 22.9. The molecule has 1 aromatic heterocycles. The number of rotatable bonds is 5. The van der Waals surface area contributed by atoms with Gasteiger partial charge in [-0.2, -0.15) is 0 Å². The topological polar surface area (TPSA) is 42.3 Å². The van der Waals surface area contributed by atoms with Crippen LogP contribution in [0.15, 0.2) is 83.9 Å². The summed E-state index contributed by atoms with van der Waals surface area (Å²) < 4.78 is 2.18. The van der Waals surface area contributed by atoms with Crippen LogP contribution in [0.25, 0.3) is 17.0 Å². The number of para-hydroxylation sites is 1. The molecule has 2 amide bonds. The van der Waals surface area contributed by atoms with Crippen LogP contribution in [0.5, 0.6) is 0 Å². The minimum absolute atomic E-state index is 0.164. The van der Waals surface area contributed by atoms with Gasteiger partial charge in [-0.15, -0.1) is 0 Å². The molecule has 1 aliphatic heterocycles. The molecular formula is C27H21ClN2O2S. The maximum atomic E-state index is 13.1. The molecule has 33 heavy (non-hydrogen) atoms. The van der Waals surface area contributed by atoms with E-state index in [1.54, 1.807) is 6.07 Å². The third-order valence-corrected chi connectivity index (χ3v) is 7.02. The molecule has 164 valence electrons. The molecule has 1 fully saturated rings. The Morgan fingerprint density at radius 3 is 2.42 bits per heavy atom. The maximum Gasteiger partial charge on any atom is 0.293 e. The average Bonchev–Trinajstić information content (AvgIpc) is 3.29. The zero-order valence-corrected chi connectivity index (χ0v) is 19.6. The standard InChI is InChI=1S/C27H21ClN2O2S/c1-18-10-12-19(13-11-18)15-29-16-21(22-7-3-5-9-24(22)29)14-25-26(31)30(27(32)33-25)17-20-6-2-4-8-23(20)28/h2-14,16H,15,17H2,1H3/b25-14-. The fourth-order valence-corrected chi connectivity index (χ4v) is 5.01. The van der Waals surface area contributed by atoms with Gasteiger partial charge >= 0.3 is 0 Å². The van der Waals surface area contributed by atoms with Gasteiger partial charge < -0.3 is 4.57 Å². The summed E-state index contributed by atoms with van der Waals surface area (Å²) >= 11 is 7.21. The fraction of sp³-hybridized carbons (Fsp3) is 0.111. The largest absolute Gasteiger partial charge is 0.342 e. The highest BCUT2D eigenvalue weighted by atomic mass is 35.5. The molecule has 0 radical (unpaired) electrons. The van der Waals surface area contributed by atoms with E-state index in [1.807, 2.05) is 48.7 Å². The van der Waals surface area contributed by atoms with Gasteiger partial charge in [-0.1, -0.05) is 77.8 Å². The predicted octanol–water partition coefficient (Wildman–Crippen LogP) is 6.89. The van der Waals surface area contributed by atoms with Crippen molar-refractivity contribution in [2.24, 2.45) is 0 Å². The van der Waals surface area contributed by atoms with Crippen LogP contribution in [0, 0.1) is 6.92 Å². The van der Waals surface area contributed by atoms with Crippen molar-refractivity contribution in [3.63, 3.8) is 0 Å². The molecule has 6 heteroatoms. The Balaban J connectivity index is 1.46. The van der Waals surface area contributed by atoms with E-state index in [2.05, 4.69) is 41.8 Å². The molecule has 1 saturated heterocycles. The number of hydrogen-bond acceptors (Lipinski definition) is 3. The zero-order valence-electron chi connectivity index (χ0n) is 18.0. The van der Waals surface area contributed by atoms with E-state index >= 15 is 0 Å². The van der Waals surface area contributed by atoms with Gasteiger partial charge in [0.15, 0.2) is 0 Å². The quantitative estimate of drug-likeness (QED) is 0.297. The van der Waals surface area contributed by atoms with Crippen LogP contribution in [0.3, 0.4) is 0 Å². The lowest BCUT2D eigenvalue weighted by Gasteiger charge is -2.13. The smallest absolute Gasteiger partial charge is 0.293 e. The highest BCUT2D eigenvalue weighted by Gasteiger charge is 2.35. The number of fused-ring (bicyclic) bond motifs is 1. The molecule has 4 aromatic rings. The van der Waals surface area contributed by atoms with Crippen LogP contribution in [-0.4, -0.2) is 20.6 Å². The van der Waals surface area contributed by atoms with E-state index < -0.39 is 0 Å². The fourth-order valence-electron chi connectivity index (χ4n) is 3.99. The SMILES string of the molecule is Cc1ccc(Cn2cc(/C=C3\SC(=O)N(Cc4ccccc4Cl)C3=O)c3ccccc32)cc1. The molecule has 0 atom stereocenters. The Kier molecular flexibility index (Phi) is 5.83. The Bertz CT molecular complexity index is 1410. The molecule has 5 rings (SSSR count). The lowest BCUT2D eigenvalue weighted by molar-refractivity contribution is -0.123. The molecule has 3 aromatic carbocycles. The minimum Gasteiger partial charge on any atom is -0.342 e. The van der Waals surface area contributed by atoms with Crippen LogP contribution >= 0.6 is 23.4 Å². The highest BCUT2D eigenvalue weighted by molar-refractivity contribution is 8.18. The molecule has 1 aliphatic rings. The van der Waals surface area contributed by atoms with E-state index in [1.165, 1.54) is 16.0 Å². The number of amides is 2. The number of nitrogens with zero attached hydrogens (tertiary/aromatic N) is 2. The molecular weight excluding hydrogens is 452 g/mol. The van der Waals surface area contributed by atoms with Crippen molar-refractivity contribution in [3.05, 3.63) is 111 Å². The first-order valence-corrected chi connectivity index (χ1v) is 11.8. The Morgan fingerprint density at radius 2 is 1.64 bits per heavy atom. The first-order chi connectivity index (χ1) is 16.0. The lowest BCUT2D eigenvalue weighted by Crippen LogP contribution is -2.27. The Morgan fingerprint density at radius 1 is 0.909 bits per heavy atom. The van der Waals surface area contributed by atoms with Crippen LogP contribution in [-0.2, 0) is 17.9 Å². The number of hydrogen-bond donors (Lipinski definition) is 0. The molecule has 0 N–H and O–H groups in total. The average molecular weight is 473 g/mol. The predicted molar refractivity (Wildman–Crippen MR) is 135 cm³/mol. The normalized spacial score (nSPS) is 15.2. The Labute approximate surface area is 201 Å². The molecule has 0 bridgehead atoms. The second-order valence-corrected chi connectivity index (χ2v) is 9.47. The number of benzene rings is 3. The minimum atomic E-state index is -0.291. The van der Waals surface area contributed by atoms with Crippen LogP contribution in [0.2, 0.25) is 5.02 Å². The number of carbonyl (C=O) groups is 2. The number of carbonyl (C=O) groups excluding carboxylic acids is 2. The summed E-state index contributed by atoms with van der Waals surface area (Å²) in [5.41, 5.74) is 5.18. The summed E-state index contributed by atoms with van der Waals surface area (Å²) in [6, 6.07) is 23.8. The number of aromatic nitrogens is 1. The van der Waals surface area contributed by atoms with Gasteiger partial charge in [-0.05, 0) is 48.0 Å². The van der Waals surface area contributed by atoms with Crippen LogP contribution in [0.1, 0.15) is 22.3 Å². The van der Waals surface area contributed by atoms with Crippen LogP contribution in [0.4, 0.5) is 4.79 Å². The van der Waals surface area contributed by atoms with Crippen molar-refractivity contribution in [1.82, 2.24) is 9.47 Å². The molecule has 2 heterocycles. The number of aryl methyl sites for hydroxylation is 1. The van der Waals surface area contributed by atoms with Crippen molar-refractivity contribution in [2.45, 2.75) is 20.0 Å². The first kappa shape index (κ1) is 21.6. The van der Waals surface area contributed by atoms with Crippen LogP contribution < -0.4 is 0 Å². The van der Waals surface area contributed by atoms with Crippen molar-refractivity contribution >= 4 is 51.5 Å². The Hall–Kier alpha value is -3.28. The summed E-state index contributed by atoms with van der Waals surface area (Å²) in [7, 11) is 0. The third kappa shape index (κ3) is 4.34. The van der Waals surface area contributed by atoms with E-state index in [-0.39, 0.29) is 17.7 Å². The van der Waals surface area contributed by atoms with E-state index in [0.717, 1.165) is 40.3 Å². The third-order valence-electron chi connectivity index (χ3n) is 5.74. The molecule has 0 aliphatic carbocycles. The van der Waals surface area contributed by atoms with Crippen molar-refractivity contribution < 1.29 is 9.59 Å². The molecule has 0 saturated carbocycles. The number of thioether (sulfide) groups is 1. The van der Waals surface area contributed by atoms with Gasteiger partial charge in [0.05, 0.1) is 11.4 Å². The van der Waals surface area contributed by atoms with Gasteiger partial charge in [-0.3, -0.25) is 14.5 Å². The number of imide groups is 1. The summed E-state index contributed by atoms with van der Waals surface area (Å²) in [6.07, 6.45) is 3.87. The van der Waals surface area contributed by atoms with Gasteiger partial charge in [0, 0.05) is 34.2 Å². The first-order valence-electron chi connectivity index (χ1n) is 10.6. The molecule has 0 unspecified atom stereocenters. The van der Waals surface area contributed by atoms with Gasteiger partial charge in [0.1, 0.15) is 0 Å². The van der Waals surface area contributed by atoms with Crippen molar-refractivity contribution in [1.29, 1.82) is 0 Å². The second kappa shape index (κ2) is 8.93. The summed E-state index contributed by atoms with van der Waals surface area (Å²) in [6.45, 7) is 2.96. The monoisotopic (exact) mass is 472 g/mol. The van der Waals surface area contributed by atoms with Gasteiger partial charge in [0.25, 0.3) is 11.1 Å². The summed E-state index contributed by atoms with van der Waals surface area (Å²) in [5, 5.41) is 1.30. The summed E-state index contributed by atoms with van der Waals surface area (Å²) in [4.78, 5) is 27.4. The second-order valence-electron chi connectivity index (χ2n) is 8.07. The number of halogens is 1. The highest BCUT2D eigenvalue weighted by Crippen LogP contribution is 2.35. The molecule has 0 spiro atoms. The lowest BCUT2D eigenvalue weighted by atomic mass is 10.1. The maximum absolute atomic E-state index is 13.1. The van der Waals surface area contributed by atoms with Gasteiger partial charge in [0.2, 0.25) is 0 Å². The van der Waals surface area contributed by atoms with Gasteiger partial charge in [-0.25, -0.2) is 0 Å². The summed E-state index contributed by atoms with van der Waals surface area (Å²) in [5.74, 6) is -0.291. The molecule has 4 nitrogen and oxygen atoms in total.